The molecule has 17 heavy (non-hydrogen) atoms. The van der Waals surface area contributed by atoms with Gasteiger partial charge >= 0.3 is 5.97 Å². The Hall–Kier alpha value is -0.610. The van der Waals surface area contributed by atoms with E-state index in [4.69, 9.17) is 5.11 Å². The minimum Gasteiger partial charge on any atom is -0.480 e. The van der Waals surface area contributed by atoms with E-state index in [9.17, 15) is 4.79 Å². The third-order valence-electron chi connectivity index (χ3n) is 3.69. The van der Waals surface area contributed by atoms with Gasteiger partial charge < -0.3 is 5.11 Å². The maximum Gasteiger partial charge on any atom is 0.320 e. The fraction of sp³-hybridized carbons (Fsp3) is 0.923. The van der Waals surface area contributed by atoms with E-state index in [-0.39, 0.29) is 6.04 Å². The van der Waals surface area contributed by atoms with Gasteiger partial charge in [0.15, 0.2) is 0 Å². The summed E-state index contributed by atoms with van der Waals surface area (Å²) >= 11 is 0. The Morgan fingerprint density at radius 1 is 1.06 bits per heavy atom. The summed E-state index contributed by atoms with van der Waals surface area (Å²) in [5, 5.41) is 8.97. The van der Waals surface area contributed by atoms with Crippen molar-refractivity contribution < 1.29 is 9.90 Å². The minimum atomic E-state index is -0.714. The number of rotatable bonds is 5. The van der Waals surface area contributed by atoms with Crippen molar-refractivity contribution in [2.24, 2.45) is 5.92 Å². The second-order valence-electron chi connectivity index (χ2n) is 5.56. The second kappa shape index (κ2) is 6.36. The molecule has 1 aliphatic heterocycles. The van der Waals surface area contributed by atoms with E-state index in [1.807, 2.05) is 0 Å². The molecule has 0 bridgehead atoms. The van der Waals surface area contributed by atoms with Crippen LogP contribution in [-0.4, -0.2) is 59.1 Å². The Labute approximate surface area is 105 Å². The van der Waals surface area contributed by atoms with Gasteiger partial charge in [-0.25, -0.2) is 0 Å². The predicted molar refractivity (Wildman–Crippen MR) is 69.2 cm³/mol. The lowest BCUT2D eigenvalue weighted by molar-refractivity contribution is -0.143. The monoisotopic (exact) mass is 242 g/mol. The van der Waals surface area contributed by atoms with E-state index < -0.39 is 5.97 Å². The second-order valence-corrected chi connectivity index (χ2v) is 5.56. The standard InChI is InChI=1S/C13H26N2O2/c1-10(2)9-11(3)14-5-7-15(8-6-14)12(4)13(16)17/h10-12H,5-9H2,1-4H3,(H,16,17). The van der Waals surface area contributed by atoms with Gasteiger partial charge in [0.2, 0.25) is 0 Å². The number of aliphatic carboxylic acids is 1. The van der Waals surface area contributed by atoms with Crippen LogP contribution in [0.4, 0.5) is 0 Å². The maximum absolute atomic E-state index is 10.9. The van der Waals surface area contributed by atoms with Crippen molar-refractivity contribution in [3.63, 3.8) is 0 Å². The van der Waals surface area contributed by atoms with Gasteiger partial charge in [-0.2, -0.15) is 0 Å². The first-order valence-electron chi connectivity index (χ1n) is 6.62. The first-order chi connectivity index (χ1) is 7.91. The van der Waals surface area contributed by atoms with E-state index in [1.165, 1.54) is 6.42 Å². The molecule has 0 saturated carbocycles. The van der Waals surface area contributed by atoms with Gasteiger partial charge in [0, 0.05) is 32.2 Å². The van der Waals surface area contributed by atoms with Crippen LogP contribution in [0.25, 0.3) is 0 Å². The van der Waals surface area contributed by atoms with E-state index in [0.717, 1.165) is 32.1 Å². The lowest BCUT2D eigenvalue weighted by Gasteiger charge is -2.39. The van der Waals surface area contributed by atoms with E-state index >= 15 is 0 Å². The first-order valence-corrected chi connectivity index (χ1v) is 6.62. The molecule has 100 valence electrons. The molecule has 0 aromatic rings. The summed E-state index contributed by atoms with van der Waals surface area (Å²) in [5.41, 5.74) is 0. The summed E-state index contributed by atoms with van der Waals surface area (Å²) in [6.07, 6.45) is 1.22. The smallest absolute Gasteiger partial charge is 0.320 e. The van der Waals surface area contributed by atoms with Crippen molar-refractivity contribution in [1.82, 2.24) is 9.80 Å². The van der Waals surface area contributed by atoms with E-state index in [1.54, 1.807) is 6.92 Å². The highest BCUT2D eigenvalue weighted by Crippen LogP contribution is 2.14. The zero-order valence-electron chi connectivity index (χ0n) is 11.5. The zero-order chi connectivity index (χ0) is 13.0. The fourth-order valence-corrected chi connectivity index (χ4v) is 2.55. The summed E-state index contributed by atoms with van der Waals surface area (Å²) in [6.45, 7) is 12.3. The quantitative estimate of drug-likeness (QED) is 0.793. The topological polar surface area (TPSA) is 43.8 Å². The lowest BCUT2D eigenvalue weighted by Crippen LogP contribution is -2.53. The summed E-state index contributed by atoms with van der Waals surface area (Å²) in [7, 11) is 0. The summed E-state index contributed by atoms with van der Waals surface area (Å²) in [5.74, 6) is 0.00894. The molecule has 1 fully saturated rings. The average molecular weight is 242 g/mol. The van der Waals surface area contributed by atoms with Crippen molar-refractivity contribution in [2.45, 2.75) is 46.2 Å². The molecule has 1 N–H and O–H groups in total. The normalized spacial score (nSPS) is 22.6. The number of nitrogens with zero attached hydrogens (tertiary/aromatic N) is 2. The third-order valence-corrected chi connectivity index (χ3v) is 3.69. The van der Waals surface area contributed by atoms with Crippen LogP contribution in [0.3, 0.4) is 0 Å². The van der Waals surface area contributed by atoms with Crippen LogP contribution in [-0.2, 0) is 4.79 Å². The van der Waals surface area contributed by atoms with E-state index in [0.29, 0.717) is 6.04 Å². The molecule has 2 unspecified atom stereocenters. The summed E-state index contributed by atoms with van der Waals surface area (Å²) in [6, 6.07) is 0.259. The molecule has 0 radical (unpaired) electrons. The van der Waals surface area contributed by atoms with Crippen molar-refractivity contribution in [2.75, 3.05) is 26.2 Å². The largest absolute Gasteiger partial charge is 0.480 e. The molecule has 1 saturated heterocycles. The van der Waals surface area contributed by atoms with Crippen molar-refractivity contribution >= 4 is 5.97 Å². The molecule has 1 rings (SSSR count). The fourth-order valence-electron chi connectivity index (χ4n) is 2.55. The summed E-state index contributed by atoms with van der Waals surface area (Å²) in [4.78, 5) is 15.4. The molecule has 2 atom stereocenters. The van der Waals surface area contributed by atoms with Gasteiger partial charge in [-0.1, -0.05) is 13.8 Å². The molecular formula is C13H26N2O2. The highest BCUT2D eigenvalue weighted by molar-refractivity contribution is 5.72. The van der Waals surface area contributed by atoms with Crippen molar-refractivity contribution in [3.05, 3.63) is 0 Å². The van der Waals surface area contributed by atoms with E-state index in [2.05, 4.69) is 30.6 Å². The number of hydrogen-bond acceptors (Lipinski definition) is 3. The van der Waals surface area contributed by atoms with Crippen LogP contribution in [0.1, 0.15) is 34.1 Å². The van der Waals surface area contributed by atoms with Crippen LogP contribution < -0.4 is 0 Å². The van der Waals surface area contributed by atoms with Gasteiger partial charge in [0.1, 0.15) is 6.04 Å². The average Bonchev–Trinajstić information content (AvgIpc) is 2.27. The number of carbonyl (C=O) groups is 1. The Bertz CT molecular complexity index is 248. The van der Waals surface area contributed by atoms with Crippen LogP contribution in [0.5, 0.6) is 0 Å². The SMILES string of the molecule is CC(C)CC(C)N1CCN(C(C)C(=O)O)CC1. The Morgan fingerprint density at radius 3 is 1.94 bits per heavy atom. The van der Waals surface area contributed by atoms with Crippen LogP contribution >= 0.6 is 0 Å². The predicted octanol–water partition coefficient (Wildman–Crippen LogP) is 1.51. The molecule has 0 spiro atoms. The molecule has 4 heteroatoms. The number of carboxylic acids is 1. The van der Waals surface area contributed by atoms with Gasteiger partial charge in [0.25, 0.3) is 0 Å². The minimum absolute atomic E-state index is 0.349. The molecule has 1 heterocycles. The summed E-state index contributed by atoms with van der Waals surface area (Å²) < 4.78 is 0. The van der Waals surface area contributed by atoms with Crippen LogP contribution in [0.2, 0.25) is 0 Å². The van der Waals surface area contributed by atoms with Gasteiger partial charge in [0.05, 0.1) is 0 Å². The van der Waals surface area contributed by atoms with Gasteiger partial charge in [-0.3, -0.25) is 14.6 Å². The number of piperazine rings is 1. The lowest BCUT2D eigenvalue weighted by atomic mass is 10.0. The highest BCUT2D eigenvalue weighted by atomic mass is 16.4. The van der Waals surface area contributed by atoms with Gasteiger partial charge in [-0.05, 0) is 26.2 Å². The van der Waals surface area contributed by atoms with Gasteiger partial charge in [-0.15, -0.1) is 0 Å². The molecule has 1 aliphatic rings. The van der Waals surface area contributed by atoms with Crippen LogP contribution in [0.15, 0.2) is 0 Å². The molecule has 0 aliphatic carbocycles. The maximum atomic E-state index is 10.9. The van der Waals surface area contributed by atoms with Crippen molar-refractivity contribution in [3.8, 4) is 0 Å². The molecule has 0 amide bonds. The number of hydrogen-bond donors (Lipinski definition) is 1. The third kappa shape index (κ3) is 4.28. The van der Waals surface area contributed by atoms with Crippen molar-refractivity contribution in [1.29, 1.82) is 0 Å². The Morgan fingerprint density at radius 2 is 1.53 bits per heavy atom. The molecule has 4 nitrogen and oxygen atoms in total. The zero-order valence-corrected chi connectivity index (χ0v) is 11.5. The Kier molecular flexibility index (Phi) is 5.40. The first kappa shape index (κ1) is 14.5. The number of carboxylic acid groups (broad SMARTS) is 1. The highest BCUT2D eigenvalue weighted by Gasteiger charge is 2.26. The van der Waals surface area contributed by atoms with Crippen LogP contribution in [0, 0.1) is 5.92 Å². The molecule has 0 aromatic carbocycles. The molecular weight excluding hydrogens is 216 g/mol. The molecule has 0 aromatic heterocycles. The Balaban J connectivity index is 2.37.